The Hall–Kier alpha value is -1.36. The van der Waals surface area contributed by atoms with Crippen molar-refractivity contribution in [3.63, 3.8) is 0 Å². The molecule has 17 heavy (non-hydrogen) atoms. The molecule has 1 atom stereocenters. The van der Waals surface area contributed by atoms with Crippen LogP contribution in [0.15, 0.2) is 12.1 Å². The van der Waals surface area contributed by atoms with Gasteiger partial charge in [0.2, 0.25) is 0 Å². The maximum atomic E-state index is 13.4. The van der Waals surface area contributed by atoms with Crippen LogP contribution in [-0.4, -0.2) is 18.9 Å². The number of hydrogen-bond acceptors (Lipinski definition) is 2. The number of rotatable bonds is 2. The van der Waals surface area contributed by atoms with Gasteiger partial charge in [-0.05, 0) is 31.5 Å². The van der Waals surface area contributed by atoms with Crippen molar-refractivity contribution in [2.45, 2.75) is 12.8 Å². The molecule has 1 aromatic rings. The molecule has 0 bridgehead atoms. The second kappa shape index (κ2) is 4.87. The summed E-state index contributed by atoms with van der Waals surface area (Å²) < 4.78 is 39.1. The molecule has 0 saturated carbocycles. The van der Waals surface area contributed by atoms with Gasteiger partial charge in [0, 0.05) is 12.5 Å². The van der Waals surface area contributed by atoms with Crippen molar-refractivity contribution in [1.82, 2.24) is 5.32 Å². The van der Waals surface area contributed by atoms with Gasteiger partial charge in [0.15, 0.2) is 23.2 Å². The largest absolute Gasteiger partial charge is 0.316 e. The number of ketones is 1. The molecular formula is C12H12F3NO. The Labute approximate surface area is 96.8 Å². The fourth-order valence-corrected chi connectivity index (χ4v) is 2.01. The van der Waals surface area contributed by atoms with Gasteiger partial charge in [-0.25, -0.2) is 13.2 Å². The molecule has 0 radical (unpaired) electrons. The first-order valence-corrected chi connectivity index (χ1v) is 5.49. The van der Waals surface area contributed by atoms with Crippen LogP contribution in [0.1, 0.15) is 23.2 Å². The van der Waals surface area contributed by atoms with Gasteiger partial charge in [-0.2, -0.15) is 0 Å². The summed E-state index contributed by atoms with van der Waals surface area (Å²) in [6, 6.07) is 1.78. The Morgan fingerprint density at radius 2 is 2.00 bits per heavy atom. The SMILES string of the molecule is O=C(c1ccc(F)c(F)c1F)C1CCCNC1. The van der Waals surface area contributed by atoms with E-state index in [1.807, 2.05) is 0 Å². The van der Waals surface area contributed by atoms with Crippen LogP contribution in [0.3, 0.4) is 0 Å². The van der Waals surface area contributed by atoms with E-state index in [-0.39, 0.29) is 11.5 Å². The molecule has 1 aliphatic heterocycles. The lowest BCUT2D eigenvalue weighted by molar-refractivity contribution is 0.0894. The fourth-order valence-electron chi connectivity index (χ4n) is 2.01. The lowest BCUT2D eigenvalue weighted by Gasteiger charge is -2.21. The minimum atomic E-state index is -1.58. The zero-order chi connectivity index (χ0) is 12.4. The van der Waals surface area contributed by atoms with Gasteiger partial charge < -0.3 is 5.32 Å². The highest BCUT2D eigenvalue weighted by Gasteiger charge is 2.26. The highest BCUT2D eigenvalue weighted by atomic mass is 19.2. The van der Waals surface area contributed by atoms with E-state index in [4.69, 9.17) is 0 Å². The van der Waals surface area contributed by atoms with E-state index in [0.29, 0.717) is 13.0 Å². The smallest absolute Gasteiger partial charge is 0.195 e. The quantitative estimate of drug-likeness (QED) is 0.637. The van der Waals surface area contributed by atoms with Crippen LogP contribution >= 0.6 is 0 Å². The Kier molecular flexibility index (Phi) is 3.47. The Bertz CT molecular complexity index is 442. The molecule has 1 unspecified atom stereocenters. The van der Waals surface area contributed by atoms with Crippen molar-refractivity contribution in [2.75, 3.05) is 13.1 Å². The zero-order valence-corrected chi connectivity index (χ0v) is 9.10. The summed E-state index contributed by atoms with van der Waals surface area (Å²) in [4.78, 5) is 11.9. The molecule has 1 N–H and O–H groups in total. The predicted octanol–water partition coefficient (Wildman–Crippen LogP) is 2.29. The lowest BCUT2D eigenvalue weighted by Crippen LogP contribution is -2.34. The summed E-state index contributed by atoms with van der Waals surface area (Å²) in [7, 11) is 0. The number of piperidine rings is 1. The van der Waals surface area contributed by atoms with E-state index in [1.54, 1.807) is 0 Å². The third-order valence-electron chi connectivity index (χ3n) is 2.97. The van der Waals surface area contributed by atoms with Crippen molar-refractivity contribution in [2.24, 2.45) is 5.92 Å². The summed E-state index contributed by atoms with van der Waals surface area (Å²) in [6.45, 7) is 1.28. The molecule has 0 amide bonds. The second-order valence-corrected chi connectivity index (χ2v) is 4.13. The monoisotopic (exact) mass is 243 g/mol. The maximum Gasteiger partial charge on any atom is 0.195 e. The second-order valence-electron chi connectivity index (χ2n) is 4.13. The molecule has 92 valence electrons. The number of benzene rings is 1. The van der Waals surface area contributed by atoms with Gasteiger partial charge in [-0.15, -0.1) is 0 Å². The number of carbonyl (C=O) groups excluding carboxylic acids is 1. The molecule has 1 heterocycles. The van der Waals surface area contributed by atoms with Gasteiger partial charge in [0.25, 0.3) is 0 Å². The Morgan fingerprint density at radius 1 is 1.24 bits per heavy atom. The van der Waals surface area contributed by atoms with E-state index >= 15 is 0 Å². The van der Waals surface area contributed by atoms with Crippen molar-refractivity contribution < 1.29 is 18.0 Å². The lowest BCUT2D eigenvalue weighted by atomic mass is 9.90. The van der Waals surface area contributed by atoms with Crippen LogP contribution in [0.5, 0.6) is 0 Å². The van der Waals surface area contributed by atoms with Crippen LogP contribution in [0.25, 0.3) is 0 Å². The Balaban J connectivity index is 2.27. The van der Waals surface area contributed by atoms with E-state index in [9.17, 15) is 18.0 Å². The molecule has 2 rings (SSSR count). The summed E-state index contributed by atoms with van der Waals surface area (Å²) >= 11 is 0. The summed E-state index contributed by atoms with van der Waals surface area (Å²) in [5, 5.41) is 3.02. The van der Waals surface area contributed by atoms with E-state index in [2.05, 4.69) is 5.32 Å². The predicted molar refractivity (Wildman–Crippen MR) is 56.2 cm³/mol. The first kappa shape index (κ1) is 12.1. The number of Topliss-reactive ketones (excluding diaryl/α,β-unsaturated/α-hetero) is 1. The van der Waals surface area contributed by atoms with Gasteiger partial charge in [-0.1, -0.05) is 0 Å². The first-order valence-electron chi connectivity index (χ1n) is 5.49. The number of halogens is 3. The minimum absolute atomic E-state index is 0.358. The topological polar surface area (TPSA) is 29.1 Å². The molecule has 2 nitrogen and oxygen atoms in total. The zero-order valence-electron chi connectivity index (χ0n) is 9.10. The molecule has 0 aliphatic carbocycles. The molecule has 1 saturated heterocycles. The van der Waals surface area contributed by atoms with E-state index in [1.165, 1.54) is 0 Å². The normalized spacial score (nSPS) is 20.3. The van der Waals surface area contributed by atoms with Crippen LogP contribution in [0.2, 0.25) is 0 Å². The third kappa shape index (κ3) is 2.34. The highest BCUT2D eigenvalue weighted by molar-refractivity contribution is 5.98. The fraction of sp³-hybridized carbons (Fsp3) is 0.417. The number of carbonyl (C=O) groups is 1. The summed E-state index contributed by atoms with van der Waals surface area (Å²) in [6.07, 6.45) is 1.46. The van der Waals surface area contributed by atoms with E-state index in [0.717, 1.165) is 25.1 Å². The molecular weight excluding hydrogens is 231 g/mol. The standard InChI is InChI=1S/C12H12F3NO/c13-9-4-3-8(10(14)11(9)15)12(17)7-2-1-5-16-6-7/h3-4,7,16H,1-2,5-6H2. The third-order valence-corrected chi connectivity index (χ3v) is 2.97. The van der Waals surface area contributed by atoms with Crippen LogP contribution < -0.4 is 5.32 Å². The van der Waals surface area contributed by atoms with Gasteiger partial charge >= 0.3 is 0 Å². The Morgan fingerprint density at radius 3 is 2.65 bits per heavy atom. The van der Waals surface area contributed by atoms with Crippen LogP contribution in [0, 0.1) is 23.4 Å². The first-order chi connectivity index (χ1) is 8.11. The van der Waals surface area contributed by atoms with Crippen molar-refractivity contribution in [3.05, 3.63) is 35.1 Å². The van der Waals surface area contributed by atoms with E-state index < -0.39 is 23.2 Å². The van der Waals surface area contributed by atoms with Crippen molar-refractivity contribution >= 4 is 5.78 Å². The highest BCUT2D eigenvalue weighted by Crippen LogP contribution is 2.21. The van der Waals surface area contributed by atoms with Crippen molar-refractivity contribution in [3.8, 4) is 0 Å². The average molecular weight is 243 g/mol. The maximum absolute atomic E-state index is 13.4. The molecule has 1 aliphatic rings. The van der Waals surface area contributed by atoms with Gasteiger partial charge in [0.05, 0.1) is 5.56 Å². The van der Waals surface area contributed by atoms with Crippen molar-refractivity contribution in [1.29, 1.82) is 0 Å². The molecule has 0 spiro atoms. The number of nitrogens with one attached hydrogen (secondary N) is 1. The van der Waals surface area contributed by atoms with Crippen LogP contribution in [-0.2, 0) is 0 Å². The molecule has 5 heteroatoms. The average Bonchev–Trinajstić information content (AvgIpc) is 2.36. The van der Waals surface area contributed by atoms with Gasteiger partial charge in [0.1, 0.15) is 0 Å². The molecule has 0 aromatic heterocycles. The van der Waals surface area contributed by atoms with Gasteiger partial charge in [-0.3, -0.25) is 4.79 Å². The summed E-state index contributed by atoms with van der Waals surface area (Å²) in [5.41, 5.74) is -0.363. The number of hydrogen-bond donors (Lipinski definition) is 1. The molecule has 1 fully saturated rings. The van der Waals surface area contributed by atoms with Crippen LogP contribution in [0.4, 0.5) is 13.2 Å². The molecule has 1 aromatic carbocycles. The minimum Gasteiger partial charge on any atom is -0.316 e. The summed E-state index contributed by atoms with van der Waals surface area (Å²) in [5.74, 6) is -5.07.